The maximum atomic E-state index is 11.1. The van der Waals surface area contributed by atoms with Gasteiger partial charge in [0.05, 0.1) is 0 Å². The van der Waals surface area contributed by atoms with Gasteiger partial charge in [-0.1, -0.05) is 94.9 Å². The molecule has 0 aliphatic rings. The average Bonchev–Trinajstić information content (AvgIpc) is 2.92. The maximum absolute atomic E-state index is 11.1. The molecule has 0 saturated carbocycles. The molecule has 1 unspecified atom stereocenters. The molecule has 0 radical (unpaired) electrons. The topological polar surface area (TPSA) is 17.1 Å². The average molecular weight is 605 g/mol. The maximum Gasteiger partial charge on any atom is 0.130 e. The highest BCUT2D eigenvalue weighted by atomic mass is 16.1. The Morgan fingerprint density at radius 2 is 0.727 bits per heavy atom. The fraction of sp³-hybridized carbons (Fsp3) is 0.651. The van der Waals surface area contributed by atoms with Gasteiger partial charge in [-0.15, -0.1) is 0 Å². The third-order valence-electron chi connectivity index (χ3n) is 8.63. The van der Waals surface area contributed by atoms with E-state index in [0.717, 1.165) is 25.2 Å². The SMILES string of the molecule is CC(=O)CCC=C(C)CCC=C(C)CCCC(C)CCC=C(C)CCC=C(C)CCC=C(C)CCC=C(C)CCC=C(C)C. The first kappa shape index (κ1) is 41.9. The van der Waals surface area contributed by atoms with Crippen molar-refractivity contribution in [3.8, 4) is 0 Å². The van der Waals surface area contributed by atoms with Crippen LogP contribution in [-0.2, 0) is 4.79 Å². The summed E-state index contributed by atoms with van der Waals surface area (Å²) >= 11 is 0. The van der Waals surface area contributed by atoms with Crippen LogP contribution in [0.1, 0.15) is 178 Å². The van der Waals surface area contributed by atoms with Crippen molar-refractivity contribution in [3.05, 3.63) is 81.5 Å². The summed E-state index contributed by atoms with van der Waals surface area (Å²) in [6, 6.07) is 0. The van der Waals surface area contributed by atoms with Gasteiger partial charge >= 0.3 is 0 Å². The summed E-state index contributed by atoms with van der Waals surface area (Å²) in [6.45, 7) is 22.1. The van der Waals surface area contributed by atoms with E-state index in [0.29, 0.717) is 6.42 Å². The molecule has 1 atom stereocenters. The van der Waals surface area contributed by atoms with Crippen molar-refractivity contribution in [3.63, 3.8) is 0 Å². The number of allylic oxidation sites excluding steroid dienone is 14. The minimum absolute atomic E-state index is 0.281. The molecule has 0 heterocycles. The highest BCUT2D eigenvalue weighted by Gasteiger charge is 2.02. The molecule has 0 aliphatic carbocycles. The van der Waals surface area contributed by atoms with E-state index in [4.69, 9.17) is 0 Å². The number of hydrogen-bond acceptors (Lipinski definition) is 1. The molecule has 250 valence electrons. The first-order valence-corrected chi connectivity index (χ1v) is 18.0. The lowest BCUT2D eigenvalue weighted by atomic mass is 9.96. The second kappa shape index (κ2) is 27.2. The van der Waals surface area contributed by atoms with E-state index < -0.39 is 0 Å². The lowest BCUT2D eigenvalue weighted by molar-refractivity contribution is -0.116. The van der Waals surface area contributed by atoms with Crippen LogP contribution in [0, 0.1) is 5.92 Å². The van der Waals surface area contributed by atoms with Crippen molar-refractivity contribution >= 4 is 5.78 Å². The molecule has 0 N–H and O–H groups in total. The number of Topliss-reactive ketones (excluding diaryl/α,β-unsaturated/α-hetero) is 1. The first-order chi connectivity index (χ1) is 20.9. The van der Waals surface area contributed by atoms with Crippen molar-refractivity contribution < 1.29 is 4.79 Å². The normalized spacial score (nSPS) is 14.7. The molecule has 0 aromatic carbocycles. The molecule has 1 heteroatoms. The fourth-order valence-electron chi connectivity index (χ4n) is 5.40. The molecule has 0 amide bonds. The van der Waals surface area contributed by atoms with Crippen LogP contribution in [0.3, 0.4) is 0 Å². The van der Waals surface area contributed by atoms with Crippen molar-refractivity contribution in [1.29, 1.82) is 0 Å². The van der Waals surface area contributed by atoms with E-state index in [1.54, 1.807) is 12.5 Å². The minimum atomic E-state index is 0.281. The molecule has 0 bridgehead atoms. The van der Waals surface area contributed by atoms with Crippen LogP contribution in [0.25, 0.3) is 0 Å². The number of rotatable bonds is 25. The van der Waals surface area contributed by atoms with Crippen LogP contribution in [-0.4, -0.2) is 5.78 Å². The largest absolute Gasteiger partial charge is 0.300 e. The van der Waals surface area contributed by atoms with Gasteiger partial charge < -0.3 is 4.79 Å². The number of carbonyl (C=O) groups excluding carboxylic acids is 1. The predicted octanol–water partition coefficient (Wildman–Crippen LogP) is 14.5. The van der Waals surface area contributed by atoms with E-state index in [1.165, 1.54) is 117 Å². The Hall–Kier alpha value is -2.15. The van der Waals surface area contributed by atoms with Crippen molar-refractivity contribution in [2.75, 3.05) is 0 Å². The van der Waals surface area contributed by atoms with Gasteiger partial charge in [-0.3, -0.25) is 0 Å². The molecule has 0 spiro atoms. The summed E-state index contributed by atoms with van der Waals surface area (Å²) in [5.74, 6) is 1.08. The van der Waals surface area contributed by atoms with Crippen LogP contribution in [0.4, 0.5) is 0 Å². The summed E-state index contributed by atoms with van der Waals surface area (Å²) in [7, 11) is 0. The molecule has 0 saturated heterocycles. The quantitative estimate of drug-likeness (QED) is 0.0947. The summed E-state index contributed by atoms with van der Waals surface area (Å²) in [4.78, 5) is 11.1. The van der Waals surface area contributed by atoms with E-state index in [1.807, 2.05) is 0 Å². The Balaban J connectivity index is 4.10. The lowest BCUT2D eigenvalue weighted by Gasteiger charge is -2.10. The van der Waals surface area contributed by atoms with Crippen LogP contribution >= 0.6 is 0 Å². The highest BCUT2D eigenvalue weighted by Crippen LogP contribution is 2.20. The molecule has 0 aromatic heterocycles. The van der Waals surface area contributed by atoms with Crippen LogP contribution in [0.2, 0.25) is 0 Å². The monoisotopic (exact) mass is 605 g/mol. The van der Waals surface area contributed by atoms with Gasteiger partial charge in [0.15, 0.2) is 0 Å². The zero-order valence-electron chi connectivity index (χ0n) is 31.0. The summed E-state index contributed by atoms with van der Waals surface area (Å²) in [5.41, 5.74) is 10.5. The minimum Gasteiger partial charge on any atom is -0.300 e. The van der Waals surface area contributed by atoms with E-state index >= 15 is 0 Å². The third-order valence-corrected chi connectivity index (χ3v) is 8.63. The molecule has 0 aromatic rings. The van der Waals surface area contributed by atoms with Gasteiger partial charge in [0.1, 0.15) is 5.78 Å². The zero-order chi connectivity index (χ0) is 33.2. The third kappa shape index (κ3) is 28.6. The Morgan fingerprint density at radius 3 is 1.09 bits per heavy atom. The van der Waals surface area contributed by atoms with Crippen molar-refractivity contribution in [2.24, 2.45) is 5.92 Å². The van der Waals surface area contributed by atoms with Gasteiger partial charge in [-0.25, -0.2) is 0 Å². The second-order valence-electron chi connectivity index (χ2n) is 14.1. The number of hydrogen-bond donors (Lipinski definition) is 0. The van der Waals surface area contributed by atoms with Gasteiger partial charge in [-0.05, 0) is 165 Å². The second-order valence-corrected chi connectivity index (χ2v) is 14.1. The lowest BCUT2D eigenvalue weighted by Crippen LogP contribution is -1.94. The Kier molecular flexibility index (Phi) is 25.9. The summed E-state index contributed by atoms with van der Waals surface area (Å²) < 4.78 is 0. The number of carbonyl (C=O) groups is 1. The van der Waals surface area contributed by atoms with Crippen molar-refractivity contribution in [1.82, 2.24) is 0 Å². The highest BCUT2D eigenvalue weighted by molar-refractivity contribution is 5.75. The molecular weight excluding hydrogens is 532 g/mol. The Bertz CT molecular complexity index is 1000. The Morgan fingerprint density at radius 1 is 0.409 bits per heavy atom. The standard InChI is InChI=1S/C43H72O/c1-35(2)19-11-20-36(3)21-12-22-37(4)23-13-24-38(5)25-14-26-39(6)27-15-28-40(7)29-16-30-41(8)31-17-32-42(9)33-18-34-43(10)44/h19,21,23,25,27,31,33,40H,11-18,20,22,24,26,28-30,32,34H2,1-10H3. The van der Waals surface area contributed by atoms with E-state index in [9.17, 15) is 4.79 Å². The van der Waals surface area contributed by atoms with Gasteiger partial charge in [0.25, 0.3) is 0 Å². The van der Waals surface area contributed by atoms with E-state index in [2.05, 4.69) is 105 Å². The molecular formula is C43H72O. The van der Waals surface area contributed by atoms with Gasteiger partial charge in [0.2, 0.25) is 0 Å². The molecule has 0 fully saturated rings. The smallest absolute Gasteiger partial charge is 0.130 e. The summed E-state index contributed by atoms with van der Waals surface area (Å²) in [6.07, 6.45) is 36.4. The Labute approximate surface area is 275 Å². The van der Waals surface area contributed by atoms with Crippen molar-refractivity contribution in [2.45, 2.75) is 178 Å². The molecule has 0 rings (SSSR count). The molecule has 0 aliphatic heterocycles. The number of ketones is 1. The fourth-order valence-corrected chi connectivity index (χ4v) is 5.40. The van der Waals surface area contributed by atoms with Crippen LogP contribution in [0.15, 0.2) is 81.5 Å². The van der Waals surface area contributed by atoms with Gasteiger partial charge in [0, 0.05) is 6.42 Å². The zero-order valence-corrected chi connectivity index (χ0v) is 31.0. The summed E-state index contributed by atoms with van der Waals surface area (Å²) in [5, 5.41) is 0. The van der Waals surface area contributed by atoms with Crippen LogP contribution < -0.4 is 0 Å². The molecule has 1 nitrogen and oxygen atoms in total. The first-order valence-electron chi connectivity index (χ1n) is 18.0. The van der Waals surface area contributed by atoms with E-state index in [-0.39, 0.29) is 5.78 Å². The van der Waals surface area contributed by atoms with Gasteiger partial charge in [-0.2, -0.15) is 0 Å². The van der Waals surface area contributed by atoms with Crippen LogP contribution in [0.5, 0.6) is 0 Å². The predicted molar refractivity (Wildman–Crippen MR) is 200 cm³/mol. The molecule has 44 heavy (non-hydrogen) atoms.